The molecule has 0 aliphatic rings. The number of amides is 1. The third kappa shape index (κ3) is 3.53. The Morgan fingerprint density at radius 1 is 1.12 bits per heavy atom. The molecule has 0 saturated heterocycles. The smallest absolute Gasteiger partial charge is 0.320 e. The van der Waals surface area contributed by atoms with Gasteiger partial charge in [0.15, 0.2) is 0 Å². The van der Waals surface area contributed by atoms with Gasteiger partial charge in [-0.1, -0.05) is 24.3 Å². The molecule has 8 heteroatoms. The van der Waals surface area contributed by atoms with Crippen LogP contribution in [0.15, 0.2) is 30.3 Å². The van der Waals surface area contributed by atoms with Gasteiger partial charge in [-0.05, 0) is 23.4 Å². The molecule has 25 heavy (non-hydrogen) atoms. The second-order valence-corrected chi connectivity index (χ2v) is 5.52. The van der Waals surface area contributed by atoms with Gasteiger partial charge in [-0.15, -0.1) is 0 Å². The maximum Gasteiger partial charge on any atom is 0.320 e. The molecule has 0 aliphatic heterocycles. The van der Waals surface area contributed by atoms with Crippen LogP contribution in [0.4, 0.5) is 0 Å². The number of carboxylic acids is 2. The second-order valence-electron chi connectivity index (χ2n) is 5.52. The normalized spacial score (nSPS) is 13.2. The van der Waals surface area contributed by atoms with Crippen LogP contribution in [-0.2, 0) is 9.59 Å². The highest BCUT2D eigenvalue weighted by Crippen LogP contribution is 2.36. The lowest BCUT2D eigenvalue weighted by molar-refractivity contribution is -0.141. The number of carbonyl (C=O) groups excluding carboxylic acids is 1. The summed E-state index contributed by atoms with van der Waals surface area (Å²) in [6, 6.07) is 6.75. The quantitative estimate of drug-likeness (QED) is 0.581. The Kier molecular flexibility index (Phi) is 5.23. The van der Waals surface area contributed by atoms with Gasteiger partial charge in [0.25, 0.3) is 0 Å². The summed E-state index contributed by atoms with van der Waals surface area (Å²) in [4.78, 5) is 34.8. The minimum Gasteiger partial charge on any atom is -0.496 e. The minimum atomic E-state index is -1.40. The van der Waals surface area contributed by atoms with Crippen LogP contribution in [0.3, 0.4) is 0 Å². The maximum absolute atomic E-state index is 12.0. The molecule has 1 unspecified atom stereocenters. The van der Waals surface area contributed by atoms with Crippen molar-refractivity contribution in [1.82, 2.24) is 0 Å². The van der Waals surface area contributed by atoms with Gasteiger partial charge in [0.1, 0.15) is 11.8 Å². The molecule has 0 radical (unpaired) electrons. The first-order valence-electron chi connectivity index (χ1n) is 7.38. The van der Waals surface area contributed by atoms with Crippen molar-refractivity contribution in [2.24, 2.45) is 11.5 Å². The number of hydrogen-bond donors (Lipinski definition) is 4. The summed E-state index contributed by atoms with van der Waals surface area (Å²) in [5.74, 6) is -4.43. The van der Waals surface area contributed by atoms with Gasteiger partial charge in [0, 0.05) is 5.39 Å². The van der Waals surface area contributed by atoms with Crippen LogP contribution in [0.2, 0.25) is 0 Å². The number of rotatable bonds is 7. The lowest BCUT2D eigenvalue weighted by Gasteiger charge is -2.20. The van der Waals surface area contributed by atoms with Crippen molar-refractivity contribution in [1.29, 1.82) is 0 Å². The monoisotopic (exact) mass is 346 g/mol. The SMILES string of the molecule is COc1cc(C(C[C@H](N)C(=O)O)C(=O)O)c(C(N)=O)c2ccccc12. The van der Waals surface area contributed by atoms with Crippen LogP contribution in [0.1, 0.15) is 28.3 Å². The number of carboxylic acid groups (broad SMARTS) is 2. The third-order valence-corrected chi connectivity index (χ3v) is 3.98. The number of benzene rings is 2. The predicted molar refractivity (Wildman–Crippen MR) is 89.6 cm³/mol. The van der Waals surface area contributed by atoms with Crippen LogP contribution in [0, 0.1) is 0 Å². The average Bonchev–Trinajstić information content (AvgIpc) is 2.57. The number of hydrogen-bond acceptors (Lipinski definition) is 5. The minimum absolute atomic E-state index is 0.0152. The Hall–Kier alpha value is -3.13. The molecule has 2 aromatic rings. The fourth-order valence-electron chi connectivity index (χ4n) is 2.80. The second kappa shape index (κ2) is 7.18. The summed E-state index contributed by atoms with van der Waals surface area (Å²) < 4.78 is 5.29. The van der Waals surface area contributed by atoms with E-state index in [4.69, 9.17) is 21.3 Å². The number of methoxy groups -OCH3 is 1. The van der Waals surface area contributed by atoms with Gasteiger partial charge < -0.3 is 26.4 Å². The molecular weight excluding hydrogens is 328 g/mol. The van der Waals surface area contributed by atoms with Gasteiger partial charge in [-0.3, -0.25) is 14.4 Å². The van der Waals surface area contributed by atoms with Crippen molar-refractivity contribution >= 4 is 28.6 Å². The number of aliphatic carboxylic acids is 2. The fraction of sp³-hybridized carbons (Fsp3) is 0.235. The van der Waals surface area contributed by atoms with E-state index in [2.05, 4.69) is 0 Å². The number of carbonyl (C=O) groups is 3. The highest BCUT2D eigenvalue weighted by atomic mass is 16.5. The van der Waals surface area contributed by atoms with Crippen LogP contribution < -0.4 is 16.2 Å². The van der Waals surface area contributed by atoms with Gasteiger partial charge in [0.05, 0.1) is 18.6 Å². The Bertz CT molecular complexity index is 848. The molecule has 0 spiro atoms. The standard InChI is InChI=1S/C17H18N2O6/c1-25-13-7-10(11(16(21)22)6-12(18)17(23)24)14(15(19)20)9-5-3-2-4-8(9)13/h2-5,7,11-12H,6,18H2,1H3,(H2,19,20)(H,21,22)(H,23,24)/t11?,12-/m0/s1. The van der Waals surface area contributed by atoms with Crippen LogP contribution in [0.25, 0.3) is 10.8 Å². The Morgan fingerprint density at radius 2 is 1.72 bits per heavy atom. The Morgan fingerprint density at radius 3 is 2.20 bits per heavy atom. The summed E-state index contributed by atoms with van der Waals surface area (Å²) >= 11 is 0. The number of nitrogens with two attached hydrogens (primary N) is 2. The molecule has 0 saturated carbocycles. The molecule has 0 fully saturated rings. The molecule has 2 atom stereocenters. The summed E-state index contributed by atoms with van der Waals surface area (Å²) in [7, 11) is 1.41. The van der Waals surface area contributed by atoms with Crippen molar-refractivity contribution in [3.05, 3.63) is 41.5 Å². The van der Waals surface area contributed by atoms with Crippen molar-refractivity contribution in [3.63, 3.8) is 0 Å². The molecular formula is C17H18N2O6. The van der Waals surface area contributed by atoms with Gasteiger partial charge in [-0.25, -0.2) is 0 Å². The topological polar surface area (TPSA) is 153 Å². The molecule has 0 bridgehead atoms. The lowest BCUT2D eigenvalue weighted by Crippen LogP contribution is -2.34. The van der Waals surface area contributed by atoms with Crippen molar-refractivity contribution < 1.29 is 29.3 Å². The molecule has 0 aliphatic carbocycles. The molecule has 0 aromatic heterocycles. The van der Waals surface area contributed by atoms with Gasteiger partial charge >= 0.3 is 11.9 Å². The van der Waals surface area contributed by atoms with E-state index >= 15 is 0 Å². The third-order valence-electron chi connectivity index (χ3n) is 3.98. The molecule has 2 aromatic carbocycles. The summed E-state index contributed by atoms with van der Waals surface area (Å²) in [6.45, 7) is 0. The van der Waals surface area contributed by atoms with E-state index in [-0.39, 0.29) is 11.1 Å². The van der Waals surface area contributed by atoms with Crippen LogP contribution in [0.5, 0.6) is 5.75 Å². The predicted octanol–water partition coefficient (Wildman–Crippen LogP) is 0.918. The van der Waals surface area contributed by atoms with Crippen LogP contribution in [-0.4, -0.2) is 41.2 Å². The van der Waals surface area contributed by atoms with E-state index in [0.717, 1.165) is 0 Å². The number of fused-ring (bicyclic) bond motifs is 1. The molecule has 0 heterocycles. The first-order valence-corrected chi connectivity index (χ1v) is 7.38. The number of ether oxygens (including phenoxy) is 1. The van der Waals surface area contributed by atoms with Gasteiger partial charge in [0.2, 0.25) is 5.91 Å². The highest BCUT2D eigenvalue weighted by molar-refractivity contribution is 6.10. The summed E-state index contributed by atoms with van der Waals surface area (Å²) in [5, 5.41) is 19.6. The lowest BCUT2D eigenvalue weighted by atomic mass is 9.85. The molecule has 6 N–H and O–H groups in total. The molecule has 8 nitrogen and oxygen atoms in total. The van der Waals surface area contributed by atoms with E-state index < -0.39 is 36.2 Å². The van der Waals surface area contributed by atoms with Crippen molar-refractivity contribution in [2.75, 3.05) is 7.11 Å². The number of primary amides is 1. The molecule has 1 amide bonds. The fourth-order valence-corrected chi connectivity index (χ4v) is 2.80. The maximum atomic E-state index is 12.0. The highest BCUT2D eigenvalue weighted by Gasteiger charge is 2.31. The summed E-state index contributed by atoms with van der Waals surface area (Å²) in [5.41, 5.74) is 11.1. The molecule has 132 valence electrons. The zero-order valence-electron chi connectivity index (χ0n) is 13.4. The zero-order chi connectivity index (χ0) is 18.7. The van der Waals surface area contributed by atoms with Gasteiger partial charge in [-0.2, -0.15) is 0 Å². The van der Waals surface area contributed by atoms with E-state index in [0.29, 0.717) is 16.5 Å². The van der Waals surface area contributed by atoms with E-state index in [1.165, 1.54) is 13.2 Å². The van der Waals surface area contributed by atoms with E-state index in [9.17, 15) is 19.5 Å². The largest absolute Gasteiger partial charge is 0.496 e. The Labute approximate surface area is 143 Å². The van der Waals surface area contributed by atoms with Crippen molar-refractivity contribution in [2.45, 2.75) is 18.4 Å². The molecule has 2 rings (SSSR count). The Balaban J connectivity index is 2.76. The first kappa shape index (κ1) is 18.2. The zero-order valence-corrected chi connectivity index (χ0v) is 13.4. The van der Waals surface area contributed by atoms with Crippen molar-refractivity contribution in [3.8, 4) is 5.75 Å². The van der Waals surface area contributed by atoms with E-state index in [1.807, 2.05) is 0 Å². The summed E-state index contributed by atoms with van der Waals surface area (Å²) in [6.07, 6.45) is -0.396. The van der Waals surface area contributed by atoms with Crippen LogP contribution >= 0.6 is 0 Å². The average molecular weight is 346 g/mol. The first-order chi connectivity index (χ1) is 11.8. The van der Waals surface area contributed by atoms with E-state index in [1.54, 1.807) is 24.3 Å².